The van der Waals surface area contributed by atoms with Gasteiger partial charge < -0.3 is 9.47 Å². The molecule has 0 aliphatic carbocycles. The van der Waals surface area contributed by atoms with E-state index in [0.717, 1.165) is 28.3 Å². The van der Waals surface area contributed by atoms with Crippen LogP contribution in [-0.2, 0) is 0 Å². The van der Waals surface area contributed by atoms with E-state index in [1.807, 2.05) is 0 Å². The van der Waals surface area contributed by atoms with E-state index in [-0.39, 0.29) is 0 Å². The molecule has 0 spiro atoms. The van der Waals surface area contributed by atoms with E-state index in [4.69, 9.17) is 0 Å². The van der Waals surface area contributed by atoms with Gasteiger partial charge in [-0.25, -0.2) is 0 Å². The Balaban J connectivity index is 1.26. The van der Waals surface area contributed by atoms with Crippen LogP contribution in [0.5, 0.6) is 0 Å². The molecule has 0 bridgehead atoms. The molecule has 10 rings (SSSR count). The van der Waals surface area contributed by atoms with Gasteiger partial charge in [-0.3, -0.25) is 0 Å². The van der Waals surface area contributed by atoms with Crippen LogP contribution in [0.2, 0.25) is 0 Å². The van der Waals surface area contributed by atoms with E-state index in [2.05, 4.69) is 240 Å². The maximum atomic E-state index is 2.50. The SMILES string of the molecule is c1ccc(-c2ccc(N(c3ccc4c5ccccc5n(-c5c(-c6ccccc6)cccc5-c5ccccc5)c4c3)c3ccccc3-c3ccccc3)cc2)cc1. The Bertz CT molecular complexity index is 2870. The van der Waals surface area contributed by atoms with Gasteiger partial charge in [-0.2, -0.15) is 0 Å². The summed E-state index contributed by atoms with van der Waals surface area (Å²) < 4.78 is 2.50. The van der Waals surface area contributed by atoms with Crippen molar-refractivity contribution in [2.75, 3.05) is 4.90 Å². The van der Waals surface area contributed by atoms with Crippen molar-refractivity contribution >= 4 is 38.9 Å². The molecule has 0 radical (unpaired) electrons. The van der Waals surface area contributed by atoms with E-state index in [0.29, 0.717) is 0 Å². The average Bonchev–Trinajstić information content (AvgIpc) is 3.61. The second-order valence-corrected chi connectivity index (χ2v) is 14.1. The molecule has 0 amide bonds. The van der Waals surface area contributed by atoms with Crippen molar-refractivity contribution in [2.45, 2.75) is 0 Å². The predicted octanol–water partition coefficient (Wildman–Crippen LogP) is 14.9. The van der Waals surface area contributed by atoms with E-state index in [9.17, 15) is 0 Å². The van der Waals surface area contributed by atoms with Crippen molar-refractivity contribution in [1.29, 1.82) is 0 Å². The van der Waals surface area contributed by atoms with E-state index < -0.39 is 0 Å². The molecular formula is C54H38N2. The fourth-order valence-electron chi connectivity index (χ4n) is 8.22. The molecule has 0 atom stereocenters. The summed E-state index contributed by atoms with van der Waals surface area (Å²) in [6.07, 6.45) is 0. The molecule has 0 fully saturated rings. The molecule has 9 aromatic carbocycles. The van der Waals surface area contributed by atoms with Crippen LogP contribution in [0.25, 0.3) is 72.0 Å². The van der Waals surface area contributed by atoms with Crippen LogP contribution in [0, 0.1) is 0 Å². The molecule has 0 saturated heterocycles. The second-order valence-electron chi connectivity index (χ2n) is 14.1. The van der Waals surface area contributed by atoms with Crippen LogP contribution in [0.4, 0.5) is 17.1 Å². The lowest BCUT2D eigenvalue weighted by Crippen LogP contribution is -2.11. The quantitative estimate of drug-likeness (QED) is 0.152. The normalized spacial score (nSPS) is 11.2. The van der Waals surface area contributed by atoms with Gasteiger partial charge in [0.25, 0.3) is 0 Å². The lowest BCUT2D eigenvalue weighted by Gasteiger charge is -2.28. The van der Waals surface area contributed by atoms with Gasteiger partial charge in [0.05, 0.1) is 22.4 Å². The largest absolute Gasteiger partial charge is 0.310 e. The van der Waals surface area contributed by atoms with E-state index in [1.165, 1.54) is 60.8 Å². The molecule has 1 heterocycles. The predicted molar refractivity (Wildman–Crippen MR) is 237 cm³/mol. The standard InChI is InChI=1S/C54H38N2/c1-5-18-39(19-6-1)40-32-34-44(35-33-40)55(51-30-15-13-26-46(51)41-20-7-2-8-21-41)45-36-37-50-49-27-14-16-31-52(49)56(53(50)38-45)54-47(42-22-9-3-10-23-42)28-17-29-48(54)43-24-11-4-12-25-43/h1-38H. The lowest BCUT2D eigenvalue weighted by molar-refractivity contribution is 1.18. The summed E-state index contributed by atoms with van der Waals surface area (Å²) in [5.74, 6) is 0. The minimum absolute atomic E-state index is 1.08. The highest BCUT2D eigenvalue weighted by molar-refractivity contribution is 6.12. The van der Waals surface area contributed by atoms with Gasteiger partial charge in [-0.15, -0.1) is 0 Å². The maximum Gasteiger partial charge on any atom is 0.0618 e. The third-order valence-corrected chi connectivity index (χ3v) is 10.8. The van der Waals surface area contributed by atoms with Crippen LogP contribution in [-0.4, -0.2) is 4.57 Å². The number of benzene rings is 9. The molecule has 2 heteroatoms. The first-order valence-corrected chi connectivity index (χ1v) is 19.2. The zero-order valence-electron chi connectivity index (χ0n) is 30.8. The first-order valence-electron chi connectivity index (χ1n) is 19.2. The van der Waals surface area contributed by atoms with Gasteiger partial charge in [0.15, 0.2) is 0 Å². The van der Waals surface area contributed by atoms with Crippen LogP contribution in [0.15, 0.2) is 231 Å². The Kier molecular flexibility index (Phi) is 8.55. The summed E-state index contributed by atoms with van der Waals surface area (Å²) in [6, 6.07) is 83.1. The van der Waals surface area contributed by atoms with Gasteiger partial charge in [0.2, 0.25) is 0 Å². The summed E-state index contributed by atoms with van der Waals surface area (Å²) in [5, 5.41) is 2.43. The molecule has 56 heavy (non-hydrogen) atoms. The van der Waals surface area contributed by atoms with Crippen molar-refractivity contribution < 1.29 is 0 Å². The minimum atomic E-state index is 1.08. The fourth-order valence-corrected chi connectivity index (χ4v) is 8.22. The molecule has 0 aliphatic rings. The van der Waals surface area contributed by atoms with Crippen LogP contribution >= 0.6 is 0 Å². The summed E-state index contributed by atoms with van der Waals surface area (Å²) in [6.45, 7) is 0. The summed E-state index contributed by atoms with van der Waals surface area (Å²) in [4.78, 5) is 2.42. The topological polar surface area (TPSA) is 8.17 Å². The molecule has 264 valence electrons. The molecule has 0 N–H and O–H groups in total. The highest BCUT2D eigenvalue weighted by atomic mass is 15.1. The Hall–Kier alpha value is -7.42. The number of rotatable bonds is 8. The molecule has 0 aliphatic heterocycles. The lowest BCUT2D eigenvalue weighted by atomic mass is 9.95. The van der Waals surface area contributed by atoms with Gasteiger partial charge >= 0.3 is 0 Å². The third kappa shape index (κ3) is 5.95. The summed E-state index contributed by atoms with van der Waals surface area (Å²) in [7, 11) is 0. The van der Waals surface area contributed by atoms with Crippen molar-refractivity contribution in [3.63, 3.8) is 0 Å². The highest BCUT2D eigenvalue weighted by Gasteiger charge is 2.23. The monoisotopic (exact) mass is 714 g/mol. The molecule has 1 aromatic heterocycles. The zero-order chi connectivity index (χ0) is 37.3. The fraction of sp³-hybridized carbons (Fsp3) is 0. The molecular weight excluding hydrogens is 677 g/mol. The Morgan fingerprint density at radius 3 is 1.36 bits per heavy atom. The zero-order valence-corrected chi connectivity index (χ0v) is 30.8. The Morgan fingerprint density at radius 1 is 0.286 bits per heavy atom. The Morgan fingerprint density at radius 2 is 0.732 bits per heavy atom. The van der Waals surface area contributed by atoms with Crippen LogP contribution < -0.4 is 4.90 Å². The van der Waals surface area contributed by atoms with Crippen molar-refractivity contribution in [2.24, 2.45) is 0 Å². The van der Waals surface area contributed by atoms with Crippen LogP contribution in [0.3, 0.4) is 0 Å². The number of aromatic nitrogens is 1. The number of fused-ring (bicyclic) bond motifs is 3. The minimum Gasteiger partial charge on any atom is -0.310 e. The molecule has 0 saturated carbocycles. The number of para-hydroxylation sites is 3. The third-order valence-electron chi connectivity index (χ3n) is 10.8. The smallest absolute Gasteiger partial charge is 0.0618 e. The maximum absolute atomic E-state index is 2.50. The van der Waals surface area contributed by atoms with E-state index in [1.54, 1.807) is 0 Å². The number of nitrogens with zero attached hydrogens (tertiary/aromatic N) is 2. The molecule has 10 aromatic rings. The van der Waals surface area contributed by atoms with Crippen molar-refractivity contribution in [3.05, 3.63) is 231 Å². The van der Waals surface area contributed by atoms with Crippen molar-refractivity contribution in [3.8, 4) is 50.2 Å². The number of anilines is 3. The van der Waals surface area contributed by atoms with E-state index >= 15 is 0 Å². The van der Waals surface area contributed by atoms with Gasteiger partial charge in [-0.1, -0.05) is 194 Å². The van der Waals surface area contributed by atoms with Crippen LogP contribution in [0.1, 0.15) is 0 Å². The Labute approximate surface area is 327 Å². The number of hydrogen-bond acceptors (Lipinski definition) is 1. The van der Waals surface area contributed by atoms with Gasteiger partial charge in [0.1, 0.15) is 0 Å². The average molecular weight is 715 g/mol. The molecule has 0 unspecified atom stereocenters. The summed E-state index contributed by atoms with van der Waals surface area (Å²) >= 11 is 0. The first-order chi connectivity index (χ1) is 27.8. The van der Waals surface area contributed by atoms with Gasteiger partial charge in [-0.05, 0) is 64.2 Å². The van der Waals surface area contributed by atoms with Gasteiger partial charge in [0, 0.05) is 38.8 Å². The number of hydrogen-bond donors (Lipinski definition) is 0. The summed E-state index contributed by atoms with van der Waals surface area (Å²) in [5.41, 5.74) is 16.2. The molecule has 2 nitrogen and oxygen atoms in total. The first kappa shape index (κ1) is 33.2. The van der Waals surface area contributed by atoms with Crippen molar-refractivity contribution in [1.82, 2.24) is 4.57 Å². The highest BCUT2D eigenvalue weighted by Crippen LogP contribution is 2.45. The second kappa shape index (κ2) is 14.4.